The number of para-hydroxylation sites is 1. The Morgan fingerprint density at radius 2 is 1.68 bits per heavy atom. The largest absolute Gasteiger partial charge is 0.368 e. The highest BCUT2D eigenvalue weighted by Gasteiger charge is 2.50. The average molecular weight is 505 g/mol. The van der Waals surface area contributed by atoms with Crippen molar-refractivity contribution < 1.29 is 14.3 Å². The third-order valence-corrected chi connectivity index (χ3v) is 8.48. The lowest BCUT2D eigenvalue weighted by atomic mass is 9.86. The average Bonchev–Trinajstić information content (AvgIpc) is 3.23. The summed E-state index contributed by atoms with van der Waals surface area (Å²) in [6, 6.07) is 12.2. The van der Waals surface area contributed by atoms with Gasteiger partial charge in [-0.25, -0.2) is 0 Å². The molecule has 6 rings (SSSR count). The lowest BCUT2D eigenvalue weighted by Crippen LogP contribution is -2.54. The fourth-order valence-corrected chi connectivity index (χ4v) is 6.71. The van der Waals surface area contributed by atoms with Crippen LogP contribution in [-0.2, 0) is 15.9 Å². The summed E-state index contributed by atoms with van der Waals surface area (Å²) in [5.41, 5.74) is 5.32. The molecule has 3 atom stereocenters. The van der Waals surface area contributed by atoms with Gasteiger partial charge in [0.05, 0.1) is 17.8 Å². The van der Waals surface area contributed by atoms with Crippen LogP contribution in [0.15, 0.2) is 41.6 Å². The van der Waals surface area contributed by atoms with E-state index < -0.39 is 5.79 Å². The first-order valence-electron chi connectivity index (χ1n) is 13.6. The van der Waals surface area contributed by atoms with E-state index in [0.29, 0.717) is 17.8 Å². The molecule has 3 heterocycles. The van der Waals surface area contributed by atoms with E-state index in [0.717, 1.165) is 63.1 Å². The molecular formula is C29H36N4O4. The minimum Gasteiger partial charge on any atom is -0.368 e. The van der Waals surface area contributed by atoms with Gasteiger partial charge in [-0.05, 0) is 81.0 Å². The minimum atomic E-state index is -0.624. The second kappa shape index (κ2) is 9.40. The van der Waals surface area contributed by atoms with Crippen LogP contribution in [0.5, 0.6) is 0 Å². The predicted molar refractivity (Wildman–Crippen MR) is 144 cm³/mol. The van der Waals surface area contributed by atoms with Crippen LogP contribution in [-0.4, -0.2) is 67.6 Å². The Balaban J connectivity index is 1.21. The topological polar surface area (TPSA) is 74.7 Å². The van der Waals surface area contributed by atoms with E-state index in [1.54, 1.807) is 6.07 Å². The number of nitroso groups, excluding NO2 is 1. The Labute approximate surface area is 218 Å². The number of anilines is 2. The minimum absolute atomic E-state index is 0.0111. The van der Waals surface area contributed by atoms with E-state index in [-0.39, 0.29) is 24.2 Å². The van der Waals surface area contributed by atoms with Crippen molar-refractivity contribution in [2.24, 2.45) is 5.18 Å². The zero-order valence-electron chi connectivity index (χ0n) is 22.0. The van der Waals surface area contributed by atoms with Gasteiger partial charge in [0.2, 0.25) is 0 Å². The van der Waals surface area contributed by atoms with Gasteiger partial charge in [0, 0.05) is 44.0 Å². The molecular weight excluding hydrogens is 468 g/mol. The van der Waals surface area contributed by atoms with Crippen LogP contribution in [0.25, 0.3) is 0 Å². The van der Waals surface area contributed by atoms with E-state index in [4.69, 9.17) is 9.47 Å². The summed E-state index contributed by atoms with van der Waals surface area (Å²) in [4.78, 5) is 32.3. The van der Waals surface area contributed by atoms with E-state index in [9.17, 15) is 9.70 Å². The molecule has 8 nitrogen and oxygen atoms in total. The second-order valence-electron chi connectivity index (χ2n) is 11.2. The van der Waals surface area contributed by atoms with Gasteiger partial charge in [-0.3, -0.25) is 4.79 Å². The van der Waals surface area contributed by atoms with E-state index in [2.05, 4.69) is 46.2 Å². The third-order valence-electron chi connectivity index (χ3n) is 8.48. The van der Waals surface area contributed by atoms with Gasteiger partial charge < -0.3 is 24.2 Å². The first-order valence-corrected chi connectivity index (χ1v) is 13.6. The molecule has 3 fully saturated rings. The third kappa shape index (κ3) is 4.40. The zero-order valence-corrected chi connectivity index (χ0v) is 22.0. The van der Waals surface area contributed by atoms with Gasteiger partial charge in [0.25, 0.3) is 5.91 Å². The van der Waals surface area contributed by atoms with E-state index >= 15 is 0 Å². The fraction of sp³-hybridized carbons (Fsp3) is 0.552. The number of ether oxygens (including phenoxy) is 2. The lowest BCUT2D eigenvalue weighted by molar-refractivity contribution is -0.149. The molecule has 2 aromatic carbocycles. The number of aryl methyl sites for hydroxylation is 1. The quantitative estimate of drug-likeness (QED) is 0.558. The Bertz CT molecular complexity index is 1210. The first kappa shape index (κ1) is 24.4. The predicted octanol–water partition coefficient (Wildman–Crippen LogP) is 4.79. The van der Waals surface area contributed by atoms with Crippen LogP contribution < -0.4 is 9.80 Å². The number of hydrogen-bond donors (Lipinski definition) is 0. The van der Waals surface area contributed by atoms with Crippen molar-refractivity contribution in [1.82, 2.24) is 4.90 Å². The van der Waals surface area contributed by atoms with Crippen LogP contribution in [0, 0.1) is 11.8 Å². The summed E-state index contributed by atoms with van der Waals surface area (Å²) in [5.74, 6) is -0.650. The molecule has 1 aliphatic carbocycles. The van der Waals surface area contributed by atoms with Gasteiger partial charge in [-0.1, -0.05) is 18.2 Å². The number of benzene rings is 2. The standard InChI is InChI=1S/C29H36N4O4/c1-19-7-4-5-8-23(19)31-13-15-32(16-14-31)25-17-20-11-12-33(28(34)21(20)18-22(25)30-35)24-9-6-10-26-27(24)37-29(2,3)36-26/h4-5,7-8,17-18,24,26-27H,6,9-16H2,1-3H3/t24?,26-,27+/m0/s1. The summed E-state index contributed by atoms with van der Waals surface area (Å²) in [7, 11) is 0. The van der Waals surface area contributed by atoms with Crippen LogP contribution in [0.4, 0.5) is 17.1 Å². The number of carbonyl (C=O) groups excluding carboxylic acids is 1. The molecule has 8 heteroatoms. The molecule has 1 unspecified atom stereocenters. The molecule has 0 aromatic heterocycles. The van der Waals surface area contributed by atoms with Crippen molar-refractivity contribution in [3.8, 4) is 0 Å². The molecule has 0 bridgehead atoms. The van der Waals surface area contributed by atoms with Gasteiger partial charge in [-0.2, -0.15) is 0 Å². The number of fused-ring (bicyclic) bond motifs is 2. The summed E-state index contributed by atoms with van der Waals surface area (Å²) in [6.07, 6.45) is 3.55. The molecule has 0 spiro atoms. The highest BCUT2D eigenvalue weighted by Crippen LogP contribution is 2.41. The highest BCUT2D eigenvalue weighted by molar-refractivity contribution is 5.99. The normalized spacial score (nSPS) is 27.2. The second-order valence-corrected chi connectivity index (χ2v) is 11.2. The van der Waals surface area contributed by atoms with Gasteiger partial charge in [0.15, 0.2) is 5.79 Å². The monoisotopic (exact) mass is 504 g/mol. The molecule has 2 aromatic rings. The SMILES string of the molecule is Cc1ccccc1N1CCN(c2cc3c(cc2N=O)C(=O)N(C2CCC[C@@H]4OC(C)(C)O[C@H]24)CC3)CC1. The smallest absolute Gasteiger partial charge is 0.254 e. The Hall–Kier alpha value is -2.97. The maximum absolute atomic E-state index is 13.7. The number of nitrogens with zero attached hydrogens (tertiary/aromatic N) is 4. The van der Waals surface area contributed by atoms with E-state index in [1.807, 2.05) is 24.8 Å². The zero-order chi connectivity index (χ0) is 25.7. The maximum Gasteiger partial charge on any atom is 0.254 e. The fourth-order valence-electron chi connectivity index (χ4n) is 6.71. The molecule has 0 radical (unpaired) electrons. The van der Waals surface area contributed by atoms with Gasteiger partial charge >= 0.3 is 0 Å². The first-order chi connectivity index (χ1) is 17.8. The van der Waals surface area contributed by atoms with Crippen LogP contribution in [0.2, 0.25) is 0 Å². The maximum atomic E-state index is 13.7. The molecule has 2 saturated heterocycles. The summed E-state index contributed by atoms with van der Waals surface area (Å²) < 4.78 is 12.4. The van der Waals surface area contributed by atoms with Gasteiger partial charge in [0.1, 0.15) is 11.8 Å². The Morgan fingerprint density at radius 3 is 2.41 bits per heavy atom. The van der Waals surface area contributed by atoms with Crippen molar-refractivity contribution >= 4 is 23.0 Å². The molecule has 3 aliphatic heterocycles. The molecule has 1 amide bonds. The lowest BCUT2D eigenvalue weighted by Gasteiger charge is -2.42. The molecule has 37 heavy (non-hydrogen) atoms. The number of amides is 1. The van der Waals surface area contributed by atoms with Crippen molar-refractivity contribution in [3.05, 3.63) is 58.0 Å². The molecule has 0 N–H and O–H groups in total. The van der Waals surface area contributed by atoms with Crippen molar-refractivity contribution in [2.45, 2.75) is 70.5 Å². The molecule has 4 aliphatic rings. The molecule has 196 valence electrons. The van der Waals surface area contributed by atoms with Crippen LogP contribution in [0.3, 0.4) is 0 Å². The summed E-state index contributed by atoms with van der Waals surface area (Å²) >= 11 is 0. The van der Waals surface area contributed by atoms with Crippen molar-refractivity contribution in [1.29, 1.82) is 0 Å². The number of carbonyl (C=O) groups is 1. The molecule has 1 saturated carbocycles. The number of rotatable bonds is 4. The Morgan fingerprint density at radius 1 is 0.946 bits per heavy atom. The number of piperazine rings is 1. The van der Waals surface area contributed by atoms with Crippen LogP contribution in [0.1, 0.15) is 54.6 Å². The van der Waals surface area contributed by atoms with Crippen molar-refractivity contribution in [3.63, 3.8) is 0 Å². The number of hydrogen-bond acceptors (Lipinski definition) is 7. The van der Waals surface area contributed by atoms with Gasteiger partial charge in [-0.15, -0.1) is 4.91 Å². The summed E-state index contributed by atoms with van der Waals surface area (Å²) in [5, 5.41) is 3.37. The van der Waals surface area contributed by atoms with Crippen LogP contribution >= 0.6 is 0 Å². The summed E-state index contributed by atoms with van der Waals surface area (Å²) in [6.45, 7) is 10.0. The highest BCUT2D eigenvalue weighted by atomic mass is 16.8. The van der Waals surface area contributed by atoms with E-state index in [1.165, 1.54) is 11.3 Å². The van der Waals surface area contributed by atoms with Crippen molar-refractivity contribution in [2.75, 3.05) is 42.5 Å². The Kier molecular flexibility index (Phi) is 6.19.